The van der Waals surface area contributed by atoms with Crippen molar-refractivity contribution in [3.05, 3.63) is 42.7 Å². The number of hydrogen-bond acceptors (Lipinski definition) is 10. The van der Waals surface area contributed by atoms with Crippen molar-refractivity contribution < 1.29 is 44.0 Å². The Morgan fingerprint density at radius 2 is 1.92 bits per heavy atom. The van der Waals surface area contributed by atoms with Crippen molar-refractivity contribution in [1.82, 2.24) is 10.5 Å². The molecule has 214 valence electrons. The van der Waals surface area contributed by atoms with Crippen LogP contribution < -0.4 is 5.48 Å². The standard InChI is InChI=1S/C28H38N2O9/c1-7-25(4)15-18(32)28(36)26(5)17(31)11-12-24(2,3)21(26)20(34)22(27(28,6)39-25)37-23(35)30-38-19(33)14-16-10-8-9-13-29-16/h7-10,13,17,20-22,31,34,36H,1,11-12,14-15H2,2-6H3,(H,30,35)/t17-,20-,21-,22-,25-,26-,27+,28-/m0/s1. The van der Waals surface area contributed by atoms with Crippen molar-refractivity contribution in [2.24, 2.45) is 16.7 Å². The molecule has 0 radical (unpaired) electrons. The normalized spacial score (nSPS) is 41.0. The van der Waals surface area contributed by atoms with E-state index in [2.05, 4.69) is 11.6 Å². The van der Waals surface area contributed by atoms with Crippen LogP contribution in [0, 0.1) is 16.7 Å². The molecule has 39 heavy (non-hydrogen) atoms. The fraction of sp³-hybridized carbons (Fsp3) is 0.643. The zero-order valence-electron chi connectivity index (χ0n) is 23.0. The topological polar surface area (TPSA) is 165 Å². The van der Waals surface area contributed by atoms with Crippen LogP contribution in [0.3, 0.4) is 0 Å². The van der Waals surface area contributed by atoms with E-state index in [0.717, 1.165) is 0 Å². The highest BCUT2D eigenvalue weighted by Crippen LogP contribution is 2.67. The Bertz CT molecular complexity index is 1160. The third-order valence-electron chi connectivity index (χ3n) is 9.26. The minimum Gasteiger partial charge on any atom is -0.438 e. The van der Waals surface area contributed by atoms with Crippen molar-refractivity contribution >= 4 is 17.8 Å². The van der Waals surface area contributed by atoms with E-state index in [9.17, 15) is 29.7 Å². The Hall–Kier alpha value is -2.86. The van der Waals surface area contributed by atoms with Gasteiger partial charge in [0.1, 0.15) is 5.60 Å². The summed E-state index contributed by atoms with van der Waals surface area (Å²) >= 11 is 0. The van der Waals surface area contributed by atoms with E-state index in [1.54, 1.807) is 32.0 Å². The number of hydrogen-bond donors (Lipinski definition) is 4. The number of aliphatic hydroxyl groups excluding tert-OH is 2. The van der Waals surface area contributed by atoms with E-state index in [1.807, 2.05) is 19.3 Å². The quantitative estimate of drug-likeness (QED) is 0.323. The van der Waals surface area contributed by atoms with Gasteiger partial charge in [-0.3, -0.25) is 9.78 Å². The van der Waals surface area contributed by atoms with Gasteiger partial charge in [0.2, 0.25) is 0 Å². The Morgan fingerprint density at radius 1 is 1.23 bits per heavy atom. The van der Waals surface area contributed by atoms with Gasteiger partial charge in [0, 0.05) is 24.0 Å². The Labute approximate surface area is 227 Å². The molecule has 2 aliphatic carbocycles. The highest BCUT2D eigenvalue weighted by Gasteiger charge is 2.81. The molecule has 0 unspecified atom stereocenters. The summed E-state index contributed by atoms with van der Waals surface area (Å²) in [6.07, 6.45) is -2.22. The van der Waals surface area contributed by atoms with Crippen LogP contribution in [0.15, 0.2) is 37.1 Å². The van der Waals surface area contributed by atoms with E-state index in [-0.39, 0.29) is 19.3 Å². The van der Waals surface area contributed by atoms with Crippen molar-refractivity contribution in [3.63, 3.8) is 0 Å². The average Bonchev–Trinajstić information content (AvgIpc) is 2.86. The smallest absolute Gasteiger partial charge is 0.438 e. The van der Waals surface area contributed by atoms with E-state index >= 15 is 0 Å². The first-order valence-corrected chi connectivity index (χ1v) is 13.1. The van der Waals surface area contributed by atoms with Gasteiger partial charge in [-0.1, -0.05) is 32.9 Å². The van der Waals surface area contributed by atoms with Gasteiger partial charge in [0.15, 0.2) is 17.5 Å². The molecule has 1 aromatic rings. The number of carbonyl (C=O) groups excluding carboxylic acids is 3. The molecule has 4 N–H and O–H groups in total. The molecule has 8 atom stereocenters. The van der Waals surface area contributed by atoms with E-state index in [1.165, 1.54) is 19.2 Å². The van der Waals surface area contributed by atoms with Crippen LogP contribution in [0.5, 0.6) is 0 Å². The van der Waals surface area contributed by atoms with Gasteiger partial charge in [-0.05, 0) is 44.2 Å². The molecule has 0 aromatic carbocycles. The lowest BCUT2D eigenvalue weighted by atomic mass is 9.40. The summed E-state index contributed by atoms with van der Waals surface area (Å²) in [5.74, 6) is -2.31. The van der Waals surface area contributed by atoms with Crippen molar-refractivity contribution in [1.29, 1.82) is 0 Å². The molecule has 2 heterocycles. The summed E-state index contributed by atoms with van der Waals surface area (Å²) < 4.78 is 11.9. The molecule has 3 fully saturated rings. The molecule has 3 aliphatic rings. The van der Waals surface area contributed by atoms with Crippen molar-refractivity contribution in [2.75, 3.05) is 0 Å². The third-order valence-corrected chi connectivity index (χ3v) is 9.26. The minimum absolute atomic E-state index is 0.216. The number of aromatic nitrogens is 1. The fourth-order valence-corrected chi connectivity index (χ4v) is 7.40. The number of fused-ring (bicyclic) bond motifs is 3. The van der Waals surface area contributed by atoms with Crippen molar-refractivity contribution in [3.8, 4) is 0 Å². The second-order valence-corrected chi connectivity index (χ2v) is 12.2. The number of Topliss-reactive ketones (excluding diaryl/α,β-unsaturated/α-hetero) is 1. The number of rotatable bonds is 4. The number of aliphatic hydroxyl groups is 3. The van der Waals surface area contributed by atoms with Gasteiger partial charge in [0.25, 0.3) is 0 Å². The lowest BCUT2D eigenvalue weighted by molar-refractivity contribution is -0.369. The van der Waals surface area contributed by atoms with Crippen LogP contribution in [0.2, 0.25) is 0 Å². The second-order valence-electron chi connectivity index (χ2n) is 12.2. The zero-order valence-corrected chi connectivity index (χ0v) is 23.0. The molecule has 11 nitrogen and oxygen atoms in total. The van der Waals surface area contributed by atoms with Gasteiger partial charge in [-0.15, -0.1) is 12.1 Å². The highest BCUT2D eigenvalue weighted by atomic mass is 16.7. The van der Waals surface area contributed by atoms with Crippen LogP contribution in [0.25, 0.3) is 0 Å². The van der Waals surface area contributed by atoms with Gasteiger partial charge in [0.05, 0.1) is 29.9 Å². The summed E-state index contributed by atoms with van der Waals surface area (Å²) in [5.41, 5.74) is -5.51. The average molecular weight is 547 g/mol. The molecule has 1 aliphatic heterocycles. The van der Waals surface area contributed by atoms with Crippen LogP contribution >= 0.6 is 0 Å². The Kier molecular flexibility index (Phi) is 7.21. The van der Waals surface area contributed by atoms with E-state index in [4.69, 9.17) is 14.3 Å². The molecule has 4 rings (SSSR count). The van der Waals surface area contributed by atoms with Gasteiger partial charge in [-0.2, -0.15) is 0 Å². The largest absolute Gasteiger partial charge is 0.441 e. The number of ketones is 1. The monoisotopic (exact) mass is 546 g/mol. The zero-order chi connectivity index (χ0) is 29.0. The minimum atomic E-state index is -2.36. The first kappa shape index (κ1) is 29.1. The first-order valence-electron chi connectivity index (χ1n) is 13.1. The lowest BCUT2D eigenvalue weighted by Crippen LogP contribution is -2.86. The predicted octanol–water partition coefficient (Wildman–Crippen LogP) is 1.78. The molecule has 2 saturated carbocycles. The number of pyridine rings is 1. The number of nitrogens with one attached hydrogen (secondary N) is 1. The summed E-state index contributed by atoms with van der Waals surface area (Å²) in [5, 5.41) is 35.5. The van der Waals surface area contributed by atoms with Crippen LogP contribution in [-0.2, 0) is 30.3 Å². The van der Waals surface area contributed by atoms with Gasteiger partial charge < -0.3 is 29.6 Å². The number of carbonyl (C=O) groups is 3. The van der Waals surface area contributed by atoms with Crippen LogP contribution in [0.1, 0.15) is 59.6 Å². The maximum atomic E-state index is 13.9. The molecule has 1 saturated heterocycles. The molecule has 1 amide bonds. The van der Waals surface area contributed by atoms with Gasteiger partial charge >= 0.3 is 12.1 Å². The SMILES string of the molecule is C=C[C@@]1(C)CC(=O)[C@]2(O)[C@@]3(C)[C@@H](O)CCC(C)(C)[C@@H]3[C@H](O)[C@H](OC(=O)NOC(=O)Cc3ccccn3)[C@@]2(C)O1. The van der Waals surface area contributed by atoms with E-state index < -0.39 is 69.7 Å². The second kappa shape index (κ2) is 9.65. The molecular weight excluding hydrogens is 508 g/mol. The predicted molar refractivity (Wildman–Crippen MR) is 137 cm³/mol. The highest BCUT2D eigenvalue weighted by molar-refractivity contribution is 5.92. The summed E-state index contributed by atoms with van der Waals surface area (Å²) in [4.78, 5) is 47.8. The molecule has 1 aromatic heterocycles. The fourth-order valence-electron chi connectivity index (χ4n) is 7.40. The summed E-state index contributed by atoms with van der Waals surface area (Å²) in [6, 6.07) is 5.00. The molecule has 0 spiro atoms. The summed E-state index contributed by atoms with van der Waals surface area (Å²) in [6.45, 7) is 12.1. The van der Waals surface area contributed by atoms with Gasteiger partial charge in [-0.25, -0.2) is 9.59 Å². The first-order chi connectivity index (χ1) is 18.1. The van der Waals surface area contributed by atoms with Crippen molar-refractivity contribution in [2.45, 2.75) is 95.4 Å². The number of ether oxygens (including phenoxy) is 2. The van der Waals surface area contributed by atoms with E-state index in [0.29, 0.717) is 12.1 Å². The third kappa shape index (κ3) is 4.35. The Balaban J connectivity index is 1.68. The maximum Gasteiger partial charge on any atom is 0.441 e. The Morgan fingerprint density at radius 3 is 2.54 bits per heavy atom. The molecule has 11 heteroatoms. The number of nitrogens with zero attached hydrogens (tertiary/aromatic N) is 1. The van der Waals surface area contributed by atoms with Crippen LogP contribution in [0.4, 0.5) is 4.79 Å². The number of hydroxylamine groups is 1. The molecule has 0 bridgehead atoms. The van der Waals surface area contributed by atoms with Crippen LogP contribution in [-0.4, -0.2) is 73.3 Å². The summed E-state index contributed by atoms with van der Waals surface area (Å²) in [7, 11) is 0. The molecular formula is C28H38N2O9. The lowest BCUT2D eigenvalue weighted by Gasteiger charge is -2.71. The number of amides is 1. The maximum absolute atomic E-state index is 13.9.